The number of hydrogen-bond acceptors (Lipinski definition) is 5. The highest BCUT2D eigenvalue weighted by atomic mass is 35.5. The first-order valence-electron chi connectivity index (χ1n) is 12.7. The van der Waals surface area contributed by atoms with Crippen molar-refractivity contribution in [2.24, 2.45) is 0 Å². The number of rotatable bonds is 10. The van der Waals surface area contributed by atoms with E-state index in [0.29, 0.717) is 22.0 Å². The molecular weight excluding hydrogens is 556 g/mol. The summed E-state index contributed by atoms with van der Waals surface area (Å²) < 4.78 is 0. The van der Waals surface area contributed by atoms with Crippen molar-refractivity contribution < 1.29 is 14.4 Å². The molecule has 208 valence electrons. The lowest BCUT2D eigenvalue weighted by Gasteiger charge is -2.13. The van der Waals surface area contributed by atoms with Crippen molar-refractivity contribution in [3.05, 3.63) is 125 Å². The molecule has 0 saturated heterocycles. The predicted molar refractivity (Wildman–Crippen MR) is 169 cm³/mol. The van der Waals surface area contributed by atoms with Crippen LogP contribution in [0.5, 0.6) is 0 Å². The van der Waals surface area contributed by atoms with Crippen molar-refractivity contribution in [3.8, 4) is 0 Å². The Hall–Kier alpha value is -4.53. The molecule has 0 atom stereocenters. The van der Waals surface area contributed by atoms with E-state index in [-0.39, 0.29) is 23.3 Å². The van der Waals surface area contributed by atoms with Gasteiger partial charge >= 0.3 is 0 Å². The van der Waals surface area contributed by atoms with Crippen LogP contribution in [0.4, 0.5) is 17.1 Å². The van der Waals surface area contributed by atoms with Crippen LogP contribution >= 0.6 is 23.4 Å². The van der Waals surface area contributed by atoms with Gasteiger partial charge in [-0.1, -0.05) is 41.9 Å². The molecule has 4 aromatic carbocycles. The number of amides is 3. The highest BCUT2D eigenvalue weighted by Gasteiger charge is 2.15. The van der Waals surface area contributed by atoms with Gasteiger partial charge in [0.05, 0.1) is 5.75 Å². The van der Waals surface area contributed by atoms with Crippen LogP contribution in [0.15, 0.2) is 114 Å². The summed E-state index contributed by atoms with van der Waals surface area (Å²) in [5.74, 6) is -0.772. The number of nitrogens with zero attached hydrogens (tertiary/aromatic N) is 1. The maximum Gasteiger partial charge on any atom is 0.272 e. The minimum absolute atomic E-state index is 0.105. The summed E-state index contributed by atoms with van der Waals surface area (Å²) in [4.78, 5) is 41.3. The Morgan fingerprint density at radius 2 is 1.39 bits per heavy atom. The number of thioether (sulfide) groups is 1. The van der Waals surface area contributed by atoms with E-state index in [1.165, 1.54) is 11.8 Å². The SMILES string of the molecule is CN(C)c1ccc(/C=C(\NC(=O)c2ccccc2)C(=O)Nc2ccc(SCC(=O)Nc3ccc(Cl)cc3)cc2)cc1. The van der Waals surface area contributed by atoms with Gasteiger partial charge < -0.3 is 20.9 Å². The first kappa shape index (κ1) is 29.5. The van der Waals surface area contributed by atoms with Crippen LogP contribution in [0, 0.1) is 0 Å². The molecule has 0 aliphatic heterocycles. The van der Waals surface area contributed by atoms with Gasteiger partial charge in [0, 0.05) is 46.6 Å². The van der Waals surface area contributed by atoms with Crippen LogP contribution in [-0.4, -0.2) is 37.6 Å². The summed E-state index contributed by atoms with van der Waals surface area (Å²) >= 11 is 7.26. The second-order valence-electron chi connectivity index (χ2n) is 9.19. The molecule has 7 nitrogen and oxygen atoms in total. The highest BCUT2D eigenvalue weighted by Crippen LogP contribution is 2.22. The molecule has 0 radical (unpaired) electrons. The smallest absolute Gasteiger partial charge is 0.272 e. The largest absolute Gasteiger partial charge is 0.378 e. The third-order valence-corrected chi connectivity index (χ3v) is 7.12. The zero-order valence-electron chi connectivity index (χ0n) is 22.6. The van der Waals surface area contributed by atoms with E-state index in [1.54, 1.807) is 66.7 Å². The number of benzene rings is 4. The summed E-state index contributed by atoms with van der Waals surface area (Å²) in [7, 11) is 3.90. The van der Waals surface area contributed by atoms with E-state index in [0.717, 1.165) is 16.1 Å². The van der Waals surface area contributed by atoms with E-state index in [2.05, 4.69) is 16.0 Å². The molecule has 0 aliphatic rings. The third kappa shape index (κ3) is 8.99. The van der Waals surface area contributed by atoms with Gasteiger partial charge in [-0.05, 0) is 84.4 Å². The van der Waals surface area contributed by atoms with Crippen LogP contribution in [0.3, 0.4) is 0 Å². The Balaban J connectivity index is 1.41. The van der Waals surface area contributed by atoms with Crippen molar-refractivity contribution in [3.63, 3.8) is 0 Å². The quantitative estimate of drug-likeness (QED) is 0.145. The Bertz CT molecular complexity index is 1520. The number of carbonyl (C=O) groups excluding carboxylic acids is 3. The van der Waals surface area contributed by atoms with Gasteiger partial charge in [0.1, 0.15) is 5.70 Å². The summed E-state index contributed by atoms with van der Waals surface area (Å²) in [6, 6.07) is 30.4. The van der Waals surface area contributed by atoms with Gasteiger partial charge in [0.25, 0.3) is 11.8 Å². The molecule has 0 bridgehead atoms. The second-order valence-corrected chi connectivity index (χ2v) is 10.7. The maximum atomic E-state index is 13.3. The van der Waals surface area contributed by atoms with Crippen LogP contribution < -0.4 is 20.9 Å². The van der Waals surface area contributed by atoms with Gasteiger partial charge in [-0.25, -0.2) is 0 Å². The summed E-state index contributed by atoms with van der Waals surface area (Å²) in [5, 5.41) is 9.03. The molecule has 4 rings (SSSR count). The lowest BCUT2D eigenvalue weighted by molar-refractivity contribution is -0.114. The van der Waals surface area contributed by atoms with Gasteiger partial charge in [0.2, 0.25) is 5.91 Å². The molecule has 4 aromatic rings. The van der Waals surface area contributed by atoms with Gasteiger partial charge in [0.15, 0.2) is 0 Å². The summed E-state index contributed by atoms with van der Waals surface area (Å²) in [6.45, 7) is 0. The predicted octanol–water partition coefficient (Wildman–Crippen LogP) is 6.55. The van der Waals surface area contributed by atoms with E-state index in [1.807, 2.05) is 61.5 Å². The minimum atomic E-state index is -0.464. The van der Waals surface area contributed by atoms with Crippen LogP contribution in [0.2, 0.25) is 5.02 Å². The fourth-order valence-corrected chi connectivity index (χ4v) is 4.51. The van der Waals surface area contributed by atoms with Crippen molar-refractivity contribution >= 4 is 64.2 Å². The third-order valence-electron chi connectivity index (χ3n) is 5.86. The minimum Gasteiger partial charge on any atom is -0.378 e. The number of anilines is 3. The molecule has 41 heavy (non-hydrogen) atoms. The number of hydrogen-bond donors (Lipinski definition) is 3. The highest BCUT2D eigenvalue weighted by molar-refractivity contribution is 8.00. The molecule has 0 saturated carbocycles. The van der Waals surface area contributed by atoms with Crippen LogP contribution in [-0.2, 0) is 9.59 Å². The monoisotopic (exact) mass is 584 g/mol. The molecule has 9 heteroatoms. The first-order chi connectivity index (χ1) is 19.8. The number of carbonyl (C=O) groups is 3. The molecule has 0 spiro atoms. The van der Waals surface area contributed by atoms with Crippen molar-refractivity contribution in [1.29, 1.82) is 0 Å². The molecule has 3 N–H and O–H groups in total. The first-order valence-corrected chi connectivity index (χ1v) is 14.1. The van der Waals surface area contributed by atoms with E-state index in [9.17, 15) is 14.4 Å². The molecular formula is C32H29ClN4O3S. The molecule has 0 heterocycles. The summed E-state index contributed by atoms with van der Waals surface area (Å²) in [5.41, 5.74) is 3.55. The van der Waals surface area contributed by atoms with Gasteiger partial charge in [-0.2, -0.15) is 0 Å². The zero-order chi connectivity index (χ0) is 29.2. The Morgan fingerprint density at radius 3 is 2.02 bits per heavy atom. The Kier molecular flexibility index (Phi) is 10.2. The topological polar surface area (TPSA) is 90.5 Å². The van der Waals surface area contributed by atoms with E-state index < -0.39 is 5.91 Å². The van der Waals surface area contributed by atoms with Gasteiger partial charge in [-0.3, -0.25) is 14.4 Å². The molecule has 0 unspecified atom stereocenters. The molecule has 0 fully saturated rings. The van der Waals surface area contributed by atoms with Crippen LogP contribution in [0.25, 0.3) is 6.08 Å². The maximum absolute atomic E-state index is 13.3. The molecule has 0 aromatic heterocycles. The standard InChI is InChI=1S/C32H29ClN4O3S/c1-37(2)27-16-8-22(9-17-27)20-29(36-31(39)23-6-4-3-5-7-23)32(40)35-26-14-18-28(19-15-26)41-21-30(38)34-25-12-10-24(33)11-13-25/h3-20H,21H2,1-2H3,(H,34,38)(H,35,40)(H,36,39)/b29-20-. The average molecular weight is 585 g/mol. The molecule has 3 amide bonds. The summed E-state index contributed by atoms with van der Waals surface area (Å²) in [6.07, 6.45) is 1.64. The van der Waals surface area contributed by atoms with Crippen molar-refractivity contribution in [2.45, 2.75) is 4.90 Å². The Labute approximate surface area is 248 Å². The lowest BCUT2D eigenvalue weighted by Crippen LogP contribution is -2.30. The van der Waals surface area contributed by atoms with Crippen molar-refractivity contribution in [2.75, 3.05) is 35.4 Å². The van der Waals surface area contributed by atoms with E-state index in [4.69, 9.17) is 11.6 Å². The normalized spacial score (nSPS) is 11.0. The number of nitrogens with one attached hydrogen (secondary N) is 3. The Morgan fingerprint density at radius 1 is 0.780 bits per heavy atom. The van der Waals surface area contributed by atoms with Gasteiger partial charge in [-0.15, -0.1) is 11.8 Å². The lowest BCUT2D eigenvalue weighted by atomic mass is 10.1. The fourth-order valence-electron chi connectivity index (χ4n) is 3.69. The van der Waals surface area contributed by atoms with Crippen molar-refractivity contribution in [1.82, 2.24) is 5.32 Å². The van der Waals surface area contributed by atoms with Crippen LogP contribution in [0.1, 0.15) is 15.9 Å². The molecule has 0 aliphatic carbocycles. The fraction of sp³-hybridized carbons (Fsp3) is 0.0938. The van der Waals surface area contributed by atoms with E-state index >= 15 is 0 Å². The average Bonchev–Trinajstić information content (AvgIpc) is 2.98. The number of halogens is 1. The second kappa shape index (κ2) is 14.2. The zero-order valence-corrected chi connectivity index (χ0v) is 24.1.